The number of nitrogens with one attached hydrogen (secondary N) is 2. The SMILES string of the molecule is CNc1cc(Oc2cc(C)[nH]n2)cc([N+](=O)[O-])c1. The third kappa shape index (κ3) is 2.57. The van der Waals surface area contributed by atoms with E-state index >= 15 is 0 Å². The van der Waals surface area contributed by atoms with Gasteiger partial charge in [-0.05, 0) is 6.92 Å². The maximum atomic E-state index is 10.8. The van der Waals surface area contributed by atoms with Crippen molar-refractivity contribution in [1.82, 2.24) is 10.2 Å². The van der Waals surface area contributed by atoms with Crippen LogP contribution in [0.1, 0.15) is 5.69 Å². The molecule has 0 amide bonds. The molecule has 2 aromatic rings. The molecular formula is C11H12N4O3. The first-order valence-corrected chi connectivity index (χ1v) is 5.25. The van der Waals surface area contributed by atoms with E-state index in [9.17, 15) is 10.1 Å². The van der Waals surface area contributed by atoms with E-state index in [1.807, 2.05) is 6.92 Å². The van der Waals surface area contributed by atoms with Gasteiger partial charge in [0, 0.05) is 36.6 Å². The lowest BCUT2D eigenvalue weighted by Crippen LogP contribution is -1.94. The first kappa shape index (κ1) is 11.9. The van der Waals surface area contributed by atoms with E-state index < -0.39 is 4.92 Å². The number of benzene rings is 1. The van der Waals surface area contributed by atoms with Crippen LogP contribution in [-0.4, -0.2) is 22.2 Å². The Labute approximate surface area is 103 Å². The summed E-state index contributed by atoms with van der Waals surface area (Å²) in [6.45, 7) is 1.84. The maximum absolute atomic E-state index is 10.8. The van der Waals surface area contributed by atoms with Gasteiger partial charge < -0.3 is 10.1 Å². The molecule has 1 aromatic carbocycles. The molecule has 0 aliphatic heterocycles. The van der Waals surface area contributed by atoms with Crippen molar-refractivity contribution in [3.05, 3.63) is 40.1 Å². The lowest BCUT2D eigenvalue weighted by Gasteiger charge is -2.05. The second kappa shape index (κ2) is 4.74. The Morgan fingerprint density at radius 2 is 2.17 bits per heavy atom. The summed E-state index contributed by atoms with van der Waals surface area (Å²) in [6, 6.07) is 6.16. The van der Waals surface area contributed by atoms with E-state index in [1.54, 1.807) is 19.2 Å². The molecule has 0 aliphatic carbocycles. The summed E-state index contributed by atoms with van der Waals surface area (Å²) in [7, 11) is 1.68. The molecule has 1 aromatic heterocycles. The number of aromatic amines is 1. The predicted octanol–water partition coefficient (Wildman–Crippen LogP) is 2.46. The highest BCUT2D eigenvalue weighted by molar-refractivity contribution is 5.56. The summed E-state index contributed by atoms with van der Waals surface area (Å²) in [5.74, 6) is 0.732. The highest BCUT2D eigenvalue weighted by atomic mass is 16.6. The number of rotatable bonds is 4. The molecule has 0 aliphatic rings. The topological polar surface area (TPSA) is 93.1 Å². The van der Waals surface area contributed by atoms with Crippen LogP contribution in [0.25, 0.3) is 0 Å². The van der Waals surface area contributed by atoms with Gasteiger partial charge in [0.05, 0.1) is 11.0 Å². The van der Waals surface area contributed by atoms with Gasteiger partial charge in [-0.3, -0.25) is 15.2 Å². The second-order valence-electron chi connectivity index (χ2n) is 3.71. The van der Waals surface area contributed by atoms with Gasteiger partial charge in [0.1, 0.15) is 5.75 Å². The van der Waals surface area contributed by atoms with Gasteiger partial charge in [0.2, 0.25) is 5.88 Å². The Morgan fingerprint density at radius 1 is 1.39 bits per heavy atom. The number of ether oxygens (including phenoxy) is 1. The largest absolute Gasteiger partial charge is 0.437 e. The highest BCUT2D eigenvalue weighted by Gasteiger charge is 2.11. The van der Waals surface area contributed by atoms with Crippen molar-refractivity contribution in [2.45, 2.75) is 6.92 Å². The molecule has 0 saturated heterocycles. The second-order valence-corrected chi connectivity index (χ2v) is 3.71. The molecule has 7 nitrogen and oxygen atoms in total. The van der Waals surface area contributed by atoms with Crippen LogP contribution < -0.4 is 10.1 Å². The standard InChI is InChI=1S/C11H12N4O3/c1-7-3-11(14-13-7)18-10-5-8(12-2)4-9(6-10)15(16)17/h3-6,12H,1-2H3,(H,13,14). The van der Waals surface area contributed by atoms with Crippen molar-refractivity contribution in [3.63, 3.8) is 0 Å². The minimum absolute atomic E-state index is 0.0379. The molecule has 0 unspecified atom stereocenters. The van der Waals surface area contributed by atoms with E-state index in [1.165, 1.54) is 12.1 Å². The third-order valence-electron chi connectivity index (χ3n) is 2.30. The normalized spacial score (nSPS) is 10.1. The Balaban J connectivity index is 2.32. The zero-order chi connectivity index (χ0) is 13.1. The van der Waals surface area contributed by atoms with Gasteiger partial charge in [-0.15, -0.1) is 5.10 Å². The van der Waals surface area contributed by atoms with Crippen molar-refractivity contribution < 1.29 is 9.66 Å². The number of anilines is 1. The summed E-state index contributed by atoms with van der Waals surface area (Å²) < 4.78 is 5.45. The smallest absolute Gasteiger partial charge is 0.275 e. The Hall–Kier alpha value is -2.57. The number of nitro benzene ring substituents is 1. The number of aryl methyl sites for hydroxylation is 1. The number of non-ortho nitro benzene ring substituents is 1. The first-order valence-electron chi connectivity index (χ1n) is 5.25. The predicted molar refractivity (Wildman–Crippen MR) is 66.0 cm³/mol. The van der Waals surface area contributed by atoms with Crippen LogP contribution in [0.3, 0.4) is 0 Å². The minimum Gasteiger partial charge on any atom is -0.437 e. The molecule has 0 radical (unpaired) electrons. The van der Waals surface area contributed by atoms with Crippen LogP contribution >= 0.6 is 0 Å². The molecule has 0 fully saturated rings. The molecular weight excluding hydrogens is 236 g/mol. The fourth-order valence-electron chi connectivity index (χ4n) is 1.46. The summed E-state index contributed by atoms with van der Waals surface area (Å²) in [5.41, 5.74) is 1.42. The molecule has 0 bridgehead atoms. The molecule has 94 valence electrons. The van der Waals surface area contributed by atoms with Gasteiger partial charge in [0.25, 0.3) is 5.69 Å². The molecule has 1 heterocycles. The fourth-order valence-corrected chi connectivity index (χ4v) is 1.46. The van der Waals surface area contributed by atoms with Crippen LogP contribution in [-0.2, 0) is 0 Å². The molecule has 7 heteroatoms. The summed E-state index contributed by atoms with van der Waals surface area (Å²) in [4.78, 5) is 10.3. The monoisotopic (exact) mass is 248 g/mol. The summed E-state index contributed by atoms with van der Waals surface area (Å²) in [5, 5.41) is 20.3. The lowest BCUT2D eigenvalue weighted by molar-refractivity contribution is -0.384. The van der Waals surface area contributed by atoms with E-state index in [0.717, 1.165) is 5.69 Å². The van der Waals surface area contributed by atoms with Gasteiger partial charge in [-0.1, -0.05) is 0 Å². The molecule has 0 atom stereocenters. The van der Waals surface area contributed by atoms with Crippen molar-refractivity contribution >= 4 is 11.4 Å². The number of nitrogens with zero attached hydrogens (tertiary/aromatic N) is 2. The number of aromatic nitrogens is 2. The molecule has 2 rings (SSSR count). The number of H-pyrrole nitrogens is 1. The number of hydrogen-bond donors (Lipinski definition) is 2. The highest BCUT2D eigenvalue weighted by Crippen LogP contribution is 2.28. The number of nitro groups is 1. The summed E-state index contributed by atoms with van der Waals surface area (Å²) in [6.07, 6.45) is 0. The van der Waals surface area contributed by atoms with Crippen molar-refractivity contribution in [2.75, 3.05) is 12.4 Å². The average Bonchev–Trinajstić information content (AvgIpc) is 2.74. The van der Waals surface area contributed by atoms with Crippen molar-refractivity contribution in [3.8, 4) is 11.6 Å². The van der Waals surface area contributed by atoms with Crippen LogP contribution in [0.4, 0.5) is 11.4 Å². The average molecular weight is 248 g/mol. The van der Waals surface area contributed by atoms with E-state index in [0.29, 0.717) is 17.3 Å². The zero-order valence-corrected chi connectivity index (χ0v) is 9.93. The van der Waals surface area contributed by atoms with Gasteiger partial charge in [-0.25, -0.2) is 0 Å². The van der Waals surface area contributed by atoms with Crippen LogP contribution in [0, 0.1) is 17.0 Å². The lowest BCUT2D eigenvalue weighted by atomic mass is 10.2. The molecule has 0 saturated carbocycles. The molecule has 0 spiro atoms. The number of hydrogen-bond acceptors (Lipinski definition) is 5. The van der Waals surface area contributed by atoms with Crippen LogP contribution in [0.5, 0.6) is 11.6 Å². The summed E-state index contributed by atoms with van der Waals surface area (Å²) >= 11 is 0. The van der Waals surface area contributed by atoms with Crippen LogP contribution in [0.2, 0.25) is 0 Å². The molecule has 18 heavy (non-hydrogen) atoms. The zero-order valence-electron chi connectivity index (χ0n) is 9.93. The third-order valence-corrected chi connectivity index (χ3v) is 2.30. The quantitative estimate of drug-likeness (QED) is 0.640. The first-order chi connectivity index (χ1) is 8.58. The minimum atomic E-state index is -0.469. The van der Waals surface area contributed by atoms with E-state index in [4.69, 9.17) is 4.74 Å². The van der Waals surface area contributed by atoms with Crippen molar-refractivity contribution in [1.29, 1.82) is 0 Å². The Morgan fingerprint density at radius 3 is 2.72 bits per heavy atom. The van der Waals surface area contributed by atoms with Gasteiger partial charge in [-0.2, -0.15) is 0 Å². The van der Waals surface area contributed by atoms with Gasteiger partial charge in [0.15, 0.2) is 0 Å². The fraction of sp³-hybridized carbons (Fsp3) is 0.182. The molecule has 2 N–H and O–H groups in total. The Bertz CT molecular complexity index is 579. The van der Waals surface area contributed by atoms with E-state index in [-0.39, 0.29) is 5.69 Å². The van der Waals surface area contributed by atoms with Crippen LogP contribution in [0.15, 0.2) is 24.3 Å². The maximum Gasteiger partial charge on any atom is 0.275 e. The van der Waals surface area contributed by atoms with E-state index in [2.05, 4.69) is 15.5 Å². The van der Waals surface area contributed by atoms with Crippen molar-refractivity contribution in [2.24, 2.45) is 0 Å². The Kier molecular flexibility index (Phi) is 3.13. The van der Waals surface area contributed by atoms with Gasteiger partial charge >= 0.3 is 0 Å².